The number of amides is 1. The number of hydrogen-bond acceptors (Lipinski definition) is 2. The highest BCUT2D eigenvalue weighted by Gasteiger charge is 2.30. The Labute approximate surface area is 147 Å². The van der Waals surface area contributed by atoms with Crippen LogP contribution in [0.15, 0.2) is 48.0 Å². The van der Waals surface area contributed by atoms with Crippen LogP contribution in [0.5, 0.6) is 0 Å². The molecule has 0 bridgehead atoms. The van der Waals surface area contributed by atoms with Crippen molar-refractivity contribution in [3.8, 4) is 6.07 Å². The number of nitrogens with one attached hydrogen (secondary N) is 1. The number of carbonyl (C=O) groups is 1. The first-order chi connectivity index (χ1) is 11.7. The van der Waals surface area contributed by atoms with Gasteiger partial charge in [0.1, 0.15) is 11.6 Å². The molecule has 0 aromatic heterocycles. The van der Waals surface area contributed by atoms with Crippen LogP contribution in [-0.4, -0.2) is 5.91 Å². The maximum atomic E-state index is 12.7. The van der Waals surface area contributed by atoms with E-state index in [1.54, 1.807) is 25.1 Å². The summed E-state index contributed by atoms with van der Waals surface area (Å²) >= 11 is 5.96. The van der Waals surface area contributed by atoms with Crippen LogP contribution in [0.3, 0.4) is 0 Å². The molecule has 0 aliphatic rings. The molecule has 0 saturated heterocycles. The third-order valence-corrected chi connectivity index (χ3v) is 3.73. The van der Waals surface area contributed by atoms with Crippen LogP contribution in [0.4, 0.5) is 18.9 Å². The summed E-state index contributed by atoms with van der Waals surface area (Å²) in [7, 11) is 0. The number of benzene rings is 2. The summed E-state index contributed by atoms with van der Waals surface area (Å²) in [6.45, 7) is 1.79. The van der Waals surface area contributed by atoms with Crippen LogP contribution in [-0.2, 0) is 11.0 Å². The summed E-state index contributed by atoms with van der Waals surface area (Å²) in [6, 6.07) is 10.9. The van der Waals surface area contributed by atoms with Gasteiger partial charge in [-0.05, 0) is 48.4 Å². The summed E-state index contributed by atoms with van der Waals surface area (Å²) in [4.78, 5) is 12.2. The number of halogens is 4. The molecule has 2 rings (SSSR count). The fourth-order valence-electron chi connectivity index (χ4n) is 1.99. The normalized spacial score (nSPS) is 11.8. The van der Waals surface area contributed by atoms with E-state index in [0.717, 1.165) is 23.8 Å². The van der Waals surface area contributed by atoms with Gasteiger partial charge in [0.25, 0.3) is 5.91 Å². The van der Waals surface area contributed by atoms with E-state index >= 15 is 0 Å². The molecule has 0 aliphatic heterocycles. The predicted molar refractivity (Wildman–Crippen MR) is 89.9 cm³/mol. The summed E-state index contributed by atoms with van der Waals surface area (Å²) in [6.07, 6.45) is -3.40. The molecule has 128 valence electrons. The molecular formula is C18H12ClF3N2O. The standard InChI is InChI=1S/C18H12ClF3N2O/c1-11-5-6-15(9-16(11)19)24-17(25)13(10-23)7-12-3-2-4-14(8-12)18(20,21)22/h2-9H,1H3,(H,24,25)/b13-7-. The molecule has 3 nitrogen and oxygen atoms in total. The third kappa shape index (κ3) is 4.85. The molecule has 0 heterocycles. The van der Waals surface area contributed by atoms with Crippen molar-refractivity contribution < 1.29 is 18.0 Å². The van der Waals surface area contributed by atoms with Gasteiger partial charge in [-0.25, -0.2) is 0 Å². The highest BCUT2D eigenvalue weighted by Crippen LogP contribution is 2.30. The minimum absolute atomic E-state index is 0.100. The Bertz CT molecular complexity index is 883. The zero-order valence-electron chi connectivity index (χ0n) is 13.0. The van der Waals surface area contributed by atoms with Gasteiger partial charge in [0.15, 0.2) is 0 Å². The van der Waals surface area contributed by atoms with E-state index in [9.17, 15) is 18.0 Å². The topological polar surface area (TPSA) is 52.9 Å². The minimum atomic E-state index is -4.50. The molecule has 0 unspecified atom stereocenters. The van der Waals surface area contributed by atoms with Crippen molar-refractivity contribution in [3.63, 3.8) is 0 Å². The van der Waals surface area contributed by atoms with E-state index in [1.165, 1.54) is 18.2 Å². The maximum Gasteiger partial charge on any atom is 0.416 e. The van der Waals surface area contributed by atoms with Crippen LogP contribution in [0.25, 0.3) is 6.08 Å². The van der Waals surface area contributed by atoms with Gasteiger partial charge in [-0.3, -0.25) is 4.79 Å². The van der Waals surface area contributed by atoms with E-state index in [0.29, 0.717) is 10.7 Å². The molecule has 0 aliphatic carbocycles. The lowest BCUT2D eigenvalue weighted by molar-refractivity contribution is -0.137. The van der Waals surface area contributed by atoms with Crippen LogP contribution in [0.1, 0.15) is 16.7 Å². The molecule has 0 fully saturated rings. The molecule has 1 N–H and O–H groups in total. The Morgan fingerprint density at radius 1 is 1.24 bits per heavy atom. The van der Waals surface area contributed by atoms with Crippen molar-refractivity contribution in [1.82, 2.24) is 0 Å². The molecule has 0 spiro atoms. The van der Waals surface area contributed by atoms with E-state index in [-0.39, 0.29) is 11.1 Å². The number of nitriles is 1. The first kappa shape index (κ1) is 18.6. The Morgan fingerprint density at radius 2 is 1.96 bits per heavy atom. The summed E-state index contributed by atoms with van der Waals surface area (Å²) in [5, 5.41) is 12.1. The predicted octanol–water partition coefficient (Wildman–Crippen LogP) is 5.21. The zero-order valence-corrected chi connectivity index (χ0v) is 13.7. The smallest absolute Gasteiger partial charge is 0.321 e. The maximum absolute atomic E-state index is 12.7. The van der Waals surface area contributed by atoms with E-state index in [1.807, 2.05) is 0 Å². The second-order valence-corrected chi connectivity index (χ2v) is 5.62. The average molecular weight is 365 g/mol. The highest BCUT2D eigenvalue weighted by molar-refractivity contribution is 6.31. The van der Waals surface area contributed by atoms with Crippen molar-refractivity contribution >= 4 is 29.3 Å². The molecule has 25 heavy (non-hydrogen) atoms. The number of hydrogen-bond donors (Lipinski definition) is 1. The number of anilines is 1. The zero-order chi connectivity index (χ0) is 18.6. The van der Waals surface area contributed by atoms with Crippen molar-refractivity contribution in [3.05, 3.63) is 69.8 Å². The number of carbonyl (C=O) groups excluding carboxylic acids is 1. The Kier molecular flexibility index (Phi) is 5.50. The summed E-state index contributed by atoms with van der Waals surface area (Å²) < 4.78 is 38.2. The minimum Gasteiger partial charge on any atom is -0.321 e. The largest absolute Gasteiger partial charge is 0.416 e. The first-order valence-electron chi connectivity index (χ1n) is 7.07. The lowest BCUT2D eigenvalue weighted by atomic mass is 10.1. The fraction of sp³-hybridized carbons (Fsp3) is 0.111. The van der Waals surface area contributed by atoms with Gasteiger partial charge in [-0.15, -0.1) is 0 Å². The van der Waals surface area contributed by atoms with Gasteiger partial charge in [0, 0.05) is 10.7 Å². The molecule has 1 amide bonds. The van der Waals surface area contributed by atoms with Crippen molar-refractivity contribution in [2.24, 2.45) is 0 Å². The van der Waals surface area contributed by atoms with E-state index in [2.05, 4.69) is 5.32 Å². The van der Waals surface area contributed by atoms with Crippen molar-refractivity contribution in [2.75, 3.05) is 5.32 Å². The van der Waals surface area contributed by atoms with Gasteiger partial charge in [-0.1, -0.05) is 29.8 Å². The number of nitrogens with zero attached hydrogens (tertiary/aromatic N) is 1. The van der Waals surface area contributed by atoms with Gasteiger partial charge in [-0.2, -0.15) is 18.4 Å². The molecule has 0 saturated carbocycles. The molecule has 2 aromatic carbocycles. The lowest BCUT2D eigenvalue weighted by Gasteiger charge is -2.08. The summed E-state index contributed by atoms with van der Waals surface area (Å²) in [5.41, 5.74) is 0.120. The highest BCUT2D eigenvalue weighted by atomic mass is 35.5. The third-order valence-electron chi connectivity index (χ3n) is 3.32. The quantitative estimate of drug-likeness (QED) is 0.600. The van der Waals surface area contributed by atoms with Crippen LogP contribution in [0, 0.1) is 18.3 Å². The lowest BCUT2D eigenvalue weighted by Crippen LogP contribution is -2.13. The van der Waals surface area contributed by atoms with Gasteiger partial charge in [0.05, 0.1) is 5.56 Å². The molecule has 0 atom stereocenters. The van der Waals surface area contributed by atoms with E-state index < -0.39 is 17.6 Å². The number of alkyl halides is 3. The summed E-state index contributed by atoms with van der Waals surface area (Å²) in [5.74, 6) is -0.736. The SMILES string of the molecule is Cc1ccc(NC(=O)/C(C#N)=C\c2cccc(C(F)(F)F)c2)cc1Cl. The van der Waals surface area contributed by atoms with Crippen LogP contribution < -0.4 is 5.32 Å². The van der Waals surface area contributed by atoms with Crippen LogP contribution in [0.2, 0.25) is 5.02 Å². The van der Waals surface area contributed by atoms with Gasteiger partial charge < -0.3 is 5.32 Å². The van der Waals surface area contributed by atoms with Crippen LogP contribution >= 0.6 is 11.6 Å². The Morgan fingerprint density at radius 3 is 2.56 bits per heavy atom. The Balaban J connectivity index is 2.26. The molecule has 7 heteroatoms. The van der Waals surface area contributed by atoms with Gasteiger partial charge in [0.2, 0.25) is 0 Å². The van der Waals surface area contributed by atoms with Crippen molar-refractivity contribution in [2.45, 2.75) is 13.1 Å². The van der Waals surface area contributed by atoms with Gasteiger partial charge >= 0.3 is 6.18 Å². The Hall–Kier alpha value is -2.78. The second kappa shape index (κ2) is 7.41. The molecular weight excluding hydrogens is 353 g/mol. The first-order valence-corrected chi connectivity index (χ1v) is 7.45. The average Bonchev–Trinajstić information content (AvgIpc) is 2.55. The fourth-order valence-corrected chi connectivity index (χ4v) is 2.17. The monoisotopic (exact) mass is 364 g/mol. The molecule has 2 aromatic rings. The second-order valence-electron chi connectivity index (χ2n) is 5.21. The van der Waals surface area contributed by atoms with E-state index in [4.69, 9.17) is 16.9 Å². The number of rotatable bonds is 3. The number of aryl methyl sites for hydroxylation is 1. The van der Waals surface area contributed by atoms with Crippen molar-refractivity contribution in [1.29, 1.82) is 5.26 Å². The molecule has 0 radical (unpaired) electrons.